The molecule has 0 aromatic heterocycles. The van der Waals surface area contributed by atoms with E-state index in [9.17, 15) is 14.4 Å². The highest BCUT2D eigenvalue weighted by molar-refractivity contribution is 9.10. The topological polar surface area (TPSA) is 75.7 Å². The molecular formula is C20H24BrClN2O4. The molecule has 152 valence electrons. The van der Waals surface area contributed by atoms with Crippen LogP contribution < -0.4 is 5.32 Å². The molecule has 1 heterocycles. The van der Waals surface area contributed by atoms with Crippen molar-refractivity contribution in [3.63, 3.8) is 0 Å². The Morgan fingerprint density at radius 2 is 2.00 bits per heavy atom. The van der Waals surface area contributed by atoms with Crippen molar-refractivity contribution in [1.82, 2.24) is 4.90 Å². The molecular weight excluding hydrogens is 448 g/mol. The van der Waals surface area contributed by atoms with Gasteiger partial charge in [0.2, 0.25) is 5.91 Å². The van der Waals surface area contributed by atoms with Crippen LogP contribution in [0.4, 0.5) is 5.69 Å². The number of nitrogens with zero attached hydrogens (tertiary/aromatic N) is 1. The highest BCUT2D eigenvalue weighted by Gasteiger charge is 2.39. The Labute approximate surface area is 178 Å². The summed E-state index contributed by atoms with van der Waals surface area (Å²) >= 11 is 9.48. The second kappa shape index (κ2) is 9.27. The van der Waals surface area contributed by atoms with E-state index in [2.05, 4.69) is 21.2 Å². The Bertz CT molecular complexity index is 780. The zero-order valence-corrected chi connectivity index (χ0v) is 18.1. The predicted octanol–water partition coefficient (Wildman–Crippen LogP) is 4.07. The highest BCUT2D eigenvalue weighted by Crippen LogP contribution is 2.31. The van der Waals surface area contributed by atoms with Crippen LogP contribution in [0.5, 0.6) is 0 Å². The Balaban J connectivity index is 1.49. The Hall–Kier alpha value is -1.60. The molecule has 0 unspecified atom stereocenters. The number of carbonyl (C=O) groups excluding carboxylic acids is 3. The van der Waals surface area contributed by atoms with Crippen molar-refractivity contribution in [3.05, 3.63) is 27.2 Å². The number of hydrogen-bond acceptors (Lipinski definition) is 4. The molecule has 1 saturated carbocycles. The van der Waals surface area contributed by atoms with Crippen LogP contribution in [0.3, 0.4) is 0 Å². The molecule has 8 heteroatoms. The molecule has 2 amide bonds. The van der Waals surface area contributed by atoms with Gasteiger partial charge in [-0.2, -0.15) is 0 Å². The van der Waals surface area contributed by atoms with E-state index in [0.717, 1.165) is 35.7 Å². The summed E-state index contributed by atoms with van der Waals surface area (Å²) in [6, 6.07) is 3.70. The van der Waals surface area contributed by atoms with Crippen molar-refractivity contribution in [2.24, 2.45) is 5.92 Å². The predicted molar refractivity (Wildman–Crippen MR) is 110 cm³/mol. The lowest BCUT2D eigenvalue weighted by Crippen LogP contribution is -2.38. The normalized spacial score (nSPS) is 20.3. The van der Waals surface area contributed by atoms with Gasteiger partial charge >= 0.3 is 5.97 Å². The summed E-state index contributed by atoms with van der Waals surface area (Å²) in [5.41, 5.74) is 1.29. The summed E-state index contributed by atoms with van der Waals surface area (Å²) in [4.78, 5) is 38.6. The maximum Gasteiger partial charge on any atom is 0.311 e. The van der Waals surface area contributed by atoms with Gasteiger partial charge in [-0.1, -0.05) is 30.9 Å². The molecule has 1 aliphatic heterocycles. The molecule has 1 aromatic rings. The van der Waals surface area contributed by atoms with Crippen LogP contribution in [-0.2, 0) is 19.1 Å². The summed E-state index contributed by atoms with van der Waals surface area (Å²) < 4.78 is 5.91. The van der Waals surface area contributed by atoms with Crippen molar-refractivity contribution in [2.45, 2.75) is 51.5 Å². The number of rotatable bonds is 5. The number of carbonyl (C=O) groups is 3. The first kappa shape index (κ1) is 21.1. The number of anilines is 1. The molecule has 0 spiro atoms. The standard InChI is InChI=1S/C20H24BrClN2O4/c1-12-16(8-7-15(21)19(12)22)23-17(25)11-28-20(27)13-9-18(26)24(10-13)14-5-3-2-4-6-14/h7-8,13-14H,2-6,9-11H2,1H3,(H,23,25)/t13-/m1/s1. The number of hydrogen-bond donors (Lipinski definition) is 1. The minimum atomic E-state index is -0.494. The van der Waals surface area contributed by atoms with Gasteiger partial charge in [-0.05, 0) is 53.4 Å². The van der Waals surface area contributed by atoms with E-state index in [-0.39, 0.29) is 25.0 Å². The van der Waals surface area contributed by atoms with E-state index in [1.54, 1.807) is 19.1 Å². The van der Waals surface area contributed by atoms with Gasteiger partial charge in [0.25, 0.3) is 5.91 Å². The number of esters is 1. The SMILES string of the molecule is Cc1c(NC(=O)COC(=O)[C@@H]2CC(=O)N(C3CCCCC3)C2)ccc(Br)c1Cl. The van der Waals surface area contributed by atoms with Gasteiger partial charge in [-0.25, -0.2) is 0 Å². The van der Waals surface area contributed by atoms with E-state index in [1.165, 1.54) is 6.42 Å². The quantitative estimate of drug-likeness (QED) is 0.657. The zero-order valence-electron chi connectivity index (χ0n) is 15.8. The molecule has 2 aliphatic rings. The lowest BCUT2D eigenvalue weighted by molar-refractivity contribution is -0.151. The molecule has 1 saturated heterocycles. The van der Waals surface area contributed by atoms with Gasteiger partial charge in [0, 0.05) is 29.2 Å². The van der Waals surface area contributed by atoms with Crippen molar-refractivity contribution < 1.29 is 19.1 Å². The summed E-state index contributed by atoms with van der Waals surface area (Å²) in [5.74, 6) is -1.42. The van der Waals surface area contributed by atoms with Gasteiger partial charge in [0.05, 0.1) is 10.9 Å². The maximum atomic E-state index is 12.3. The molecule has 1 N–H and O–H groups in total. The first-order valence-corrected chi connectivity index (χ1v) is 10.7. The van der Waals surface area contributed by atoms with Crippen LogP contribution >= 0.6 is 27.5 Å². The van der Waals surface area contributed by atoms with Crippen molar-refractivity contribution in [1.29, 1.82) is 0 Å². The summed E-state index contributed by atoms with van der Waals surface area (Å²) in [5, 5.41) is 3.21. The van der Waals surface area contributed by atoms with Crippen LogP contribution in [0.15, 0.2) is 16.6 Å². The smallest absolute Gasteiger partial charge is 0.311 e. The van der Waals surface area contributed by atoms with Crippen LogP contribution in [0.25, 0.3) is 0 Å². The van der Waals surface area contributed by atoms with Crippen LogP contribution in [0, 0.1) is 12.8 Å². The fraction of sp³-hybridized carbons (Fsp3) is 0.550. The average molecular weight is 472 g/mol. The number of benzene rings is 1. The van der Waals surface area contributed by atoms with E-state index < -0.39 is 17.8 Å². The summed E-state index contributed by atoms with van der Waals surface area (Å²) in [6.45, 7) is 1.80. The minimum Gasteiger partial charge on any atom is -0.455 e. The first-order chi connectivity index (χ1) is 13.4. The largest absolute Gasteiger partial charge is 0.455 e. The second-order valence-corrected chi connectivity index (χ2v) is 8.66. The number of halogens is 2. The summed E-state index contributed by atoms with van der Waals surface area (Å²) in [7, 11) is 0. The summed E-state index contributed by atoms with van der Waals surface area (Å²) in [6.07, 6.45) is 5.64. The van der Waals surface area contributed by atoms with Crippen LogP contribution in [0.2, 0.25) is 5.02 Å². The molecule has 28 heavy (non-hydrogen) atoms. The van der Waals surface area contributed by atoms with Crippen LogP contribution in [0.1, 0.15) is 44.1 Å². The minimum absolute atomic E-state index is 0.0124. The monoisotopic (exact) mass is 470 g/mol. The number of amides is 2. The van der Waals surface area contributed by atoms with Gasteiger partial charge in [0.15, 0.2) is 6.61 Å². The molecule has 1 atom stereocenters. The van der Waals surface area contributed by atoms with E-state index in [4.69, 9.17) is 16.3 Å². The van der Waals surface area contributed by atoms with E-state index in [0.29, 0.717) is 17.3 Å². The Kier molecular flexibility index (Phi) is 6.99. The lowest BCUT2D eigenvalue weighted by atomic mass is 9.94. The van der Waals surface area contributed by atoms with Crippen molar-refractivity contribution >= 4 is 51.0 Å². The number of nitrogens with one attached hydrogen (secondary N) is 1. The van der Waals surface area contributed by atoms with E-state index in [1.807, 2.05) is 4.90 Å². The first-order valence-electron chi connectivity index (χ1n) is 9.57. The fourth-order valence-corrected chi connectivity index (χ4v) is 4.46. The van der Waals surface area contributed by atoms with Gasteiger partial charge in [0.1, 0.15) is 0 Å². The Morgan fingerprint density at radius 1 is 1.29 bits per heavy atom. The number of ether oxygens (including phenoxy) is 1. The van der Waals surface area contributed by atoms with Gasteiger partial charge < -0.3 is 15.0 Å². The molecule has 1 aromatic carbocycles. The van der Waals surface area contributed by atoms with Crippen molar-refractivity contribution in [2.75, 3.05) is 18.5 Å². The third-order valence-electron chi connectivity index (χ3n) is 5.47. The lowest BCUT2D eigenvalue weighted by Gasteiger charge is -2.31. The highest BCUT2D eigenvalue weighted by atomic mass is 79.9. The zero-order chi connectivity index (χ0) is 20.3. The van der Waals surface area contributed by atoms with Gasteiger partial charge in [-0.3, -0.25) is 14.4 Å². The fourth-order valence-electron chi connectivity index (χ4n) is 3.86. The molecule has 3 rings (SSSR count). The molecule has 2 fully saturated rings. The molecule has 0 radical (unpaired) electrons. The molecule has 6 nitrogen and oxygen atoms in total. The second-order valence-electron chi connectivity index (χ2n) is 7.43. The Morgan fingerprint density at radius 3 is 2.71 bits per heavy atom. The average Bonchev–Trinajstić information content (AvgIpc) is 3.09. The van der Waals surface area contributed by atoms with Crippen LogP contribution in [-0.4, -0.2) is 41.9 Å². The maximum absolute atomic E-state index is 12.3. The molecule has 0 bridgehead atoms. The van der Waals surface area contributed by atoms with Crippen molar-refractivity contribution in [3.8, 4) is 0 Å². The third-order valence-corrected chi connectivity index (χ3v) is 6.84. The molecule has 1 aliphatic carbocycles. The third kappa shape index (κ3) is 4.87. The van der Waals surface area contributed by atoms with E-state index >= 15 is 0 Å². The number of likely N-dealkylation sites (tertiary alicyclic amines) is 1. The van der Waals surface area contributed by atoms with Gasteiger partial charge in [-0.15, -0.1) is 0 Å².